The predicted molar refractivity (Wildman–Crippen MR) is 43.9 cm³/mol. The fourth-order valence-corrected chi connectivity index (χ4v) is 1.44. The molecule has 0 bridgehead atoms. The number of hydrogen-bond acceptors (Lipinski definition) is 3. The van der Waals surface area contributed by atoms with Crippen molar-refractivity contribution < 1.29 is 9.90 Å². The van der Waals surface area contributed by atoms with Crippen molar-refractivity contribution in [1.29, 1.82) is 0 Å². The number of carboxylic acid groups (broad SMARTS) is 1. The number of carbonyl (C=O) groups is 1. The summed E-state index contributed by atoms with van der Waals surface area (Å²) >= 11 is 1.14. The van der Waals surface area contributed by atoms with Gasteiger partial charge in [0.2, 0.25) is 5.01 Å². The Morgan fingerprint density at radius 1 is 1.82 bits per heavy atom. The van der Waals surface area contributed by atoms with Gasteiger partial charge in [-0.2, -0.15) is 0 Å². The zero-order valence-electron chi connectivity index (χ0n) is 6.00. The average Bonchev–Trinajstić information content (AvgIpc) is 2.31. The van der Waals surface area contributed by atoms with Crippen LogP contribution in [-0.2, 0) is 0 Å². The topological polar surface area (TPSA) is 50.2 Å². The summed E-state index contributed by atoms with van der Waals surface area (Å²) in [4.78, 5) is 15.0. The third-order valence-electron chi connectivity index (χ3n) is 1.20. The van der Waals surface area contributed by atoms with Gasteiger partial charge in [-0.25, -0.2) is 9.78 Å². The second-order valence-corrected chi connectivity index (χ2v) is 3.01. The first kappa shape index (κ1) is 7.94. The second kappa shape index (κ2) is 2.84. The van der Waals surface area contributed by atoms with Gasteiger partial charge in [0, 0.05) is 0 Å². The molecule has 0 spiro atoms. The molecule has 0 aromatic carbocycles. The van der Waals surface area contributed by atoms with Crippen molar-refractivity contribution in [3.05, 3.63) is 22.2 Å². The third kappa shape index (κ3) is 1.46. The summed E-state index contributed by atoms with van der Waals surface area (Å²) in [7, 11) is 0. The van der Waals surface area contributed by atoms with E-state index in [9.17, 15) is 4.79 Å². The molecule has 0 radical (unpaired) electrons. The van der Waals surface area contributed by atoms with Crippen LogP contribution in [0.25, 0.3) is 6.08 Å². The molecule has 58 valence electrons. The minimum absolute atomic E-state index is 0.123. The second-order valence-electron chi connectivity index (χ2n) is 1.98. The van der Waals surface area contributed by atoms with Crippen LogP contribution in [-0.4, -0.2) is 16.1 Å². The number of aromatic nitrogens is 1. The van der Waals surface area contributed by atoms with Gasteiger partial charge in [0.05, 0.1) is 10.6 Å². The van der Waals surface area contributed by atoms with Crippen molar-refractivity contribution in [3.63, 3.8) is 0 Å². The maximum atomic E-state index is 10.4. The molecular formula is C7H7NO2S. The zero-order chi connectivity index (χ0) is 8.43. The molecule has 1 aromatic rings. The van der Waals surface area contributed by atoms with Crippen LogP contribution in [0.2, 0.25) is 0 Å². The Bertz CT molecular complexity index is 303. The van der Waals surface area contributed by atoms with Gasteiger partial charge in [-0.05, 0) is 6.92 Å². The van der Waals surface area contributed by atoms with Gasteiger partial charge in [0.25, 0.3) is 0 Å². The molecule has 1 N–H and O–H groups in total. The molecule has 4 heteroatoms. The molecule has 1 rings (SSSR count). The molecule has 0 saturated carbocycles. The minimum atomic E-state index is -0.980. The minimum Gasteiger partial charge on any atom is -0.476 e. The largest absolute Gasteiger partial charge is 0.476 e. The van der Waals surface area contributed by atoms with Crippen LogP contribution >= 0.6 is 11.3 Å². The number of hydrogen-bond donors (Lipinski definition) is 1. The van der Waals surface area contributed by atoms with Crippen molar-refractivity contribution in [3.8, 4) is 0 Å². The highest BCUT2D eigenvalue weighted by Crippen LogP contribution is 2.18. The lowest BCUT2D eigenvalue weighted by molar-refractivity contribution is 0.0696. The lowest BCUT2D eigenvalue weighted by Crippen LogP contribution is -1.93. The van der Waals surface area contributed by atoms with E-state index in [0.29, 0.717) is 0 Å². The van der Waals surface area contributed by atoms with Crippen molar-refractivity contribution in [2.24, 2.45) is 0 Å². The first-order valence-corrected chi connectivity index (χ1v) is 3.80. The van der Waals surface area contributed by atoms with Crippen molar-refractivity contribution >= 4 is 23.4 Å². The van der Waals surface area contributed by atoms with Gasteiger partial charge in [0.15, 0.2) is 0 Å². The first-order valence-electron chi connectivity index (χ1n) is 2.98. The molecule has 11 heavy (non-hydrogen) atoms. The van der Waals surface area contributed by atoms with E-state index in [1.54, 1.807) is 13.0 Å². The lowest BCUT2D eigenvalue weighted by Gasteiger charge is -1.80. The Labute approximate surface area is 68.0 Å². The monoisotopic (exact) mass is 169 g/mol. The lowest BCUT2D eigenvalue weighted by atomic mass is 10.4. The smallest absolute Gasteiger partial charge is 0.365 e. The van der Waals surface area contributed by atoms with Gasteiger partial charge in [-0.15, -0.1) is 11.3 Å². The molecule has 0 amide bonds. The summed E-state index contributed by atoms with van der Waals surface area (Å²) in [5, 5.41) is 8.65. The van der Waals surface area contributed by atoms with Crippen LogP contribution < -0.4 is 0 Å². The van der Waals surface area contributed by atoms with Gasteiger partial charge in [-0.3, -0.25) is 0 Å². The highest BCUT2D eigenvalue weighted by atomic mass is 32.1. The van der Waals surface area contributed by atoms with Crippen LogP contribution in [0, 0.1) is 6.92 Å². The van der Waals surface area contributed by atoms with Crippen LogP contribution in [0.15, 0.2) is 6.58 Å². The number of aromatic carboxylic acids is 1. The zero-order valence-corrected chi connectivity index (χ0v) is 6.81. The molecule has 3 nitrogen and oxygen atoms in total. The molecule has 0 aliphatic rings. The third-order valence-corrected chi connectivity index (χ3v) is 2.34. The van der Waals surface area contributed by atoms with Gasteiger partial charge in [0.1, 0.15) is 0 Å². The van der Waals surface area contributed by atoms with Crippen LogP contribution in [0.1, 0.15) is 20.4 Å². The Kier molecular flexibility index (Phi) is 2.05. The summed E-state index contributed by atoms with van der Waals surface area (Å²) in [6.07, 6.45) is 1.61. The van der Waals surface area contributed by atoms with E-state index in [1.165, 1.54) is 0 Å². The number of rotatable bonds is 2. The molecule has 0 aliphatic heterocycles. The van der Waals surface area contributed by atoms with Crippen molar-refractivity contribution in [1.82, 2.24) is 4.98 Å². The molecule has 0 saturated heterocycles. The molecule has 0 fully saturated rings. The highest BCUT2D eigenvalue weighted by Gasteiger charge is 2.10. The quantitative estimate of drug-likeness (QED) is 0.734. The first-order chi connectivity index (χ1) is 5.15. The highest BCUT2D eigenvalue weighted by molar-refractivity contribution is 7.14. The van der Waals surface area contributed by atoms with Crippen LogP contribution in [0.4, 0.5) is 0 Å². The summed E-state index contributed by atoms with van der Waals surface area (Å²) < 4.78 is 0. The Morgan fingerprint density at radius 2 is 2.45 bits per heavy atom. The van der Waals surface area contributed by atoms with E-state index in [1.807, 2.05) is 0 Å². The molecule has 0 aliphatic carbocycles. The standard InChI is InChI=1S/C7H7NO2S/c1-3-5-4(2)8-6(11-5)7(9)10/h3H,1H2,2H3,(H,9,10). The van der Waals surface area contributed by atoms with Crippen LogP contribution in [0.5, 0.6) is 0 Å². The fourth-order valence-electron chi connectivity index (χ4n) is 0.689. The summed E-state index contributed by atoms with van der Waals surface area (Å²) in [5.74, 6) is -0.980. The average molecular weight is 169 g/mol. The van der Waals surface area contributed by atoms with E-state index in [0.717, 1.165) is 21.9 Å². The van der Waals surface area contributed by atoms with Crippen molar-refractivity contribution in [2.45, 2.75) is 6.92 Å². The summed E-state index contributed by atoms with van der Waals surface area (Å²) in [6, 6.07) is 0. The van der Waals surface area contributed by atoms with E-state index < -0.39 is 5.97 Å². The molecule has 0 atom stereocenters. The van der Waals surface area contributed by atoms with Crippen molar-refractivity contribution in [2.75, 3.05) is 0 Å². The number of aryl methyl sites for hydroxylation is 1. The fraction of sp³-hybridized carbons (Fsp3) is 0.143. The van der Waals surface area contributed by atoms with E-state index in [-0.39, 0.29) is 5.01 Å². The number of nitrogens with zero attached hydrogens (tertiary/aromatic N) is 1. The van der Waals surface area contributed by atoms with E-state index in [4.69, 9.17) is 5.11 Å². The predicted octanol–water partition coefficient (Wildman–Crippen LogP) is 1.79. The molecule has 1 heterocycles. The molecular weight excluding hydrogens is 162 g/mol. The van der Waals surface area contributed by atoms with E-state index >= 15 is 0 Å². The molecule has 1 aromatic heterocycles. The van der Waals surface area contributed by atoms with Gasteiger partial charge >= 0.3 is 5.97 Å². The SMILES string of the molecule is C=Cc1sc(C(=O)O)nc1C. The van der Waals surface area contributed by atoms with E-state index in [2.05, 4.69) is 11.6 Å². The number of thiazole rings is 1. The van der Waals surface area contributed by atoms with Gasteiger partial charge in [-0.1, -0.05) is 12.7 Å². The summed E-state index contributed by atoms with van der Waals surface area (Å²) in [5.41, 5.74) is 0.724. The Morgan fingerprint density at radius 3 is 2.73 bits per heavy atom. The van der Waals surface area contributed by atoms with Crippen LogP contribution in [0.3, 0.4) is 0 Å². The maximum Gasteiger partial charge on any atom is 0.365 e. The van der Waals surface area contributed by atoms with Gasteiger partial charge < -0.3 is 5.11 Å². The number of carboxylic acids is 1. The normalized spacial score (nSPS) is 9.55. The summed E-state index contributed by atoms with van der Waals surface area (Å²) in [6.45, 7) is 5.31. The Hall–Kier alpha value is -1.16. The Balaban J connectivity index is 3.14. The molecule has 0 unspecified atom stereocenters. The maximum absolute atomic E-state index is 10.4.